The third kappa shape index (κ3) is 5.21. The third-order valence-corrected chi connectivity index (χ3v) is 3.19. The van der Waals surface area contributed by atoms with Gasteiger partial charge in [-0.05, 0) is 55.5 Å². The molecule has 4 nitrogen and oxygen atoms in total. The molecule has 0 heterocycles. The molecule has 2 aromatic rings. The van der Waals surface area contributed by atoms with Crippen molar-refractivity contribution >= 4 is 17.4 Å². The molecule has 1 N–H and O–H groups in total. The van der Waals surface area contributed by atoms with Gasteiger partial charge in [0.05, 0.1) is 6.61 Å². The predicted molar refractivity (Wildman–Crippen MR) is 86.2 cm³/mol. The first-order chi connectivity index (χ1) is 11.1. The van der Waals surface area contributed by atoms with Gasteiger partial charge in [0.15, 0.2) is 5.78 Å². The van der Waals surface area contributed by atoms with Gasteiger partial charge in [0.25, 0.3) is 0 Å². The molecule has 0 bridgehead atoms. The smallest absolute Gasteiger partial charge is 0.224 e. The van der Waals surface area contributed by atoms with Gasteiger partial charge in [-0.1, -0.05) is 0 Å². The minimum absolute atomic E-state index is 0.0728. The highest BCUT2D eigenvalue weighted by Crippen LogP contribution is 2.14. The Morgan fingerprint density at radius 1 is 1.00 bits per heavy atom. The average Bonchev–Trinajstić information content (AvgIpc) is 2.56. The lowest BCUT2D eigenvalue weighted by molar-refractivity contribution is -0.116. The zero-order valence-electron chi connectivity index (χ0n) is 12.8. The van der Waals surface area contributed by atoms with E-state index in [0.717, 1.165) is 0 Å². The summed E-state index contributed by atoms with van der Waals surface area (Å²) in [6, 6.07) is 12.3. The fraction of sp³-hybridized carbons (Fsp3) is 0.222. The van der Waals surface area contributed by atoms with Crippen LogP contribution in [0.4, 0.5) is 10.1 Å². The summed E-state index contributed by atoms with van der Waals surface area (Å²) in [4.78, 5) is 23.8. The molecule has 0 atom stereocenters. The lowest BCUT2D eigenvalue weighted by Gasteiger charge is -2.06. The molecule has 0 saturated heterocycles. The van der Waals surface area contributed by atoms with Crippen LogP contribution in [0.1, 0.15) is 30.1 Å². The number of Topliss-reactive ketones (excluding diaryl/α,β-unsaturated/α-hetero) is 1. The Morgan fingerprint density at radius 3 is 2.26 bits per heavy atom. The van der Waals surface area contributed by atoms with Gasteiger partial charge in [-0.2, -0.15) is 0 Å². The standard InChI is InChI=1S/C18H18FNO3/c1-2-23-16-9-3-13(4-10-16)17(21)11-12-18(22)20-15-7-5-14(19)6-8-15/h3-10H,2,11-12H2,1H3,(H,20,22). The maximum absolute atomic E-state index is 12.8. The van der Waals surface area contributed by atoms with E-state index in [1.54, 1.807) is 24.3 Å². The Labute approximate surface area is 134 Å². The van der Waals surface area contributed by atoms with E-state index in [9.17, 15) is 14.0 Å². The van der Waals surface area contributed by atoms with Gasteiger partial charge in [-0.25, -0.2) is 4.39 Å². The highest BCUT2D eigenvalue weighted by molar-refractivity contribution is 6.00. The van der Waals surface area contributed by atoms with E-state index >= 15 is 0 Å². The second kappa shape index (κ2) is 8.08. The number of carbonyl (C=O) groups excluding carboxylic acids is 2. The van der Waals surface area contributed by atoms with Crippen LogP contribution >= 0.6 is 0 Å². The normalized spacial score (nSPS) is 10.2. The Kier molecular flexibility index (Phi) is 5.86. The number of ketones is 1. The fourth-order valence-electron chi connectivity index (χ4n) is 2.03. The summed E-state index contributed by atoms with van der Waals surface area (Å²) in [6.07, 6.45) is 0.185. The number of benzene rings is 2. The number of nitrogens with one attached hydrogen (secondary N) is 1. The molecule has 2 aromatic carbocycles. The Balaban J connectivity index is 1.83. The van der Waals surface area contributed by atoms with Crippen LogP contribution in [0.3, 0.4) is 0 Å². The Bertz CT molecular complexity index is 666. The van der Waals surface area contributed by atoms with Crippen LogP contribution in [-0.2, 0) is 4.79 Å². The van der Waals surface area contributed by atoms with E-state index in [1.807, 2.05) is 6.92 Å². The lowest BCUT2D eigenvalue weighted by Crippen LogP contribution is -2.13. The maximum atomic E-state index is 12.8. The van der Waals surface area contributed by atoms with Crippen molar-refractivity contribution in [2.75, 3.05) is 11.9 Å². The zero-order chi connectivity index (χ0) is 16.7. The van der Waals surface area contributed by atoms with Crippen molar-refractivity contribution in [2.24, 2.45) is 0 Å². The third-order valence-electron chi connectivity index (χ3n) is 3.19. The van der Waals surface area contributed by atoms with Crippen molar-refractivity contribution in [1.82, 2.24) is 0 Å². The van der Waals surface area contributed by atoms with Gasteiger partial charge in [-0.15, -0.1) is 0 Å². The van der Waals surface area contributed by atoms with Crippen molar-refractivity contribution in [1.29, 1.82) is 0 Å². The number of amides is 1. The first kappa shape index (κ1) is 16.7. The summed E-state index contributed by atoms with van der Waals surface area (Å²) in [7, 11) is 0. The number of hydrogen-bond donors (Lipinski definition) is 1. The largest absolute Gasteiger partial charge is 0.494 e. The van der Waals surface area contributed by atoms with E-state index in [0.29, 0.717) is 23.6 Å². The second-order valence-corrected chi connectivity index (χ2v) is 4.94. The molecule has 0 unspecified atom stereocenters. The van der Waals surface area contributed by atoms with Crippen molar-refractivity contribution in [3.05, 3.63) is 59.9 Å². The maximum Gasteiger partial charge on any atom is 0.224 e. The van der Waals surface area contributed by atoms with Gasteiger partial charge >= 0.3 is 0 Å². The number of rotatable bonds is 7. The van der Waals surface area contributed by atoms with Gasteiger partial charge in [0.1, 0.15) is 11.6 Å². The van der Waals surface area contributed by atoms with Gasteiger partial charge < -0.3 is 10.1 Å². The van der Waals surface area contributed by atoms with Crippen molar-refractivity contribution in [3.63, 3.8) is 0 Å². The molecule has 120 valence electrons. The summed E-state index contributed by atoms with van der Waals surface area (Å²) in [5, 5.41) is 2.62. The van der Waals surface area contributed by atoms with E-state index < -0.39 is 0 Å². The van der Waals surface area contributed by atoms with E-state index in [1.165, 1.54) is 24.3 Å². The van der Waals surface area contributed by atoms with Crippen molar-refractivity contribution in [2.45, 2.75) is 19.8 Å². The number of hydrogen-bond acceptors (Lipinski definition) is 3. The van der Waals surface area contributed by atoms with E-state index in [4.69, 9.17) is 4.74 Å². The highest BCUT2D eigenvalue weighted by atomic mass is 19.1. The number of carbonyl (C=O) groups is 2. The predicted octanol–water partition coefficient (Wildman–Crippen LogP) is 3.83. The molecular formula is C18H18FNO3. The summed E-state index contributed by atoms with van der Waals surface area (Å²) in [5.74, 6) is -0.0509. The summed E-state index contributed by atoms with van der Waals surface area (Å²) in [6.45, 7) is 2.45. The number of ether oxygens (including phenoxy) is 1. The van der Waals surface area contributed by atoms with E-state index in [-0.39, 0.29) is 30.3 Å². The molecule has 0 aromatic heterocycles. The SMILES string of the molecule is CCOc1ccc(C(=O)CCC(=O)Nc2ccc(F)cc2)cc1. The molecule has 0 saturated carbocycles. The second-order valence-electron chi connectivity index (χ2n) is 4.94. The number of anilines is 1. The topological polar surface area (TPSA) is 55.4 Å². The van der Waals surface area contributed by atoms with Gasteiger partial charge in [0.2, 0.25) is 5.91 Å². The van der Waals surface area contributed by atoms with Crippen LogP contribution in [-0.4, -0.2) is 18.3 Å². The first-order valence-electron chi connectivity index (χ1n) is 7.40. The van der Waals surface area contributed by atoms with E-state index in [2.05, 4.69) is 5.32 Å². The van der Waals surface area contributed by atoms with Crippen LogP contribution in [0.5, 0.6) is 5.75 Å². The monoisotopic (exact) mass is 315 g/mol. The molecule has 23 heavy (non-hydrogen) atoms. The molecular weight excluding hydrogens is 297 g/mol. The summed E-state index contributed by atoms with van der Waals surface area (Å²) < 4.78 is 18.1. The lowest BCUT2D eigenvalue weighted by atomic mass is 10.1. The fourth-order valence-corrected chi connectivity index (χ4v) is 2.03. The summed E-state index contributed by atoms with van der Waals surface area (Å²) >= 11 is 0. The molecule has 0 aliphatic rings. The molecule has 2 rings (SSSR count). The molecule has 0 fully saturated rings. The van der Waals surface area contributed by atoms with Gasteiger partial charge in [-0.3, -0.25) is 9.59 Å². The average molecular weight is 315 g/mol. The zero-order valence-corrected chi connectivity index (χ0v) is 12.8. The number of halogens is 1. The molecule has 0 radical (unpaired) electrons. The minimum atomic E-state index is -0.367. The van der Waals surface area contributed by atoms with Crippen molar-refractivity contribution < 1.29 is 18.7 Å². The highest BCUT2D eigenvalue weighted by Gasteiger charge is 2.10. The summed E-state index contributed by atoms with van der Waals surface area (Å²) in [5.41, 5.74) is 1.05. The van der Waals surface area contributed by atoms with Crippen LogP contribution in [0.25, 0.3) is 0 Å². The minimum Gasteiger partial charge on any atom is -0.494 e. The van der Waals surface area contributed by atoms with Crippen molar-refractivity contribution in [3.8, 4) is 5.75 Å². The molecule has 0 aliphatic heterocycles. The molecule has 1 amide bonds. The van der Waals surface area contributed by atoms with Crippen LogP contribution in [0, 0.1) is 5.82 Å². The molecule has 0 aliphatic carbocycles. The molecule has 5 heteroatoms. The Morgan fingerprint density at radius 2 is 1.65 bits per heavy atom. The van der Waals surface area contributed by atoms with Crippen LogP contribution in [0.2, 0.25) is 0 Å². The first-order valence-corrected chi connectivity index (χ1v) is 7.40. The van der Waals surface area contributed by atoms with Crippen LogP contribution < -0.4 is 10.1 Å². The van der Waals surface area contributed by atoms with Gasteiger partial charge in [0, 0.05) is 24.1 Å². The molecule has 0 spiro atoms. The Hall–Kier alpha value is -2.69. The quantitative estimate of drug-likeness (QED) is 0.790. The van der Waals surface area contributed by atoms with Crippen LogP contribution in [0.15, 0.2) is 48.5 Å².